The highest BCUT2D eigenvalue weighted by Crippen LogP contribution is 2.31. The van der Waals surface area contributed by atoms with E-state index < -0.39 is 17.6 Å². The molecule has 3 rings (SSSR count). The van der Waals surface area contributed by atoms with Crippen LogP contribution in [-0.2, 0) is 6.18 Å². The maximum absolute atomic E-state index is 12.8. The average molecular weight is 372 g/mol. The number of nitrogens with zero attached hydrogens (tertiary/aromatic N) is 2. The summed E-state index contributed by atoms with van der Waals surface area (Å²) in [6.07, 6.45) is -1.40. The SMILES string of the molecule is Cc1c(NC(=O)c2cccc(C(F)(F)F)c2)cccc1-c1cnc(N)nc1. The van der Waals surface area contributed by atoms with E-state index in [9.17, 15) is 18.0 Å². The highest BCUT2D eigenvalue weighted by atomic mass is 19.4. The Bertz CT molecular complexity index is 985. The number of hydrogen-bond acceptors (Lipinski definition) is 4. The summed E-state index contributed by atoms with van der Waals surface area (Å²) in [5.74, 6) is -0.486. The molecule has 1 aromatic heterocycles. The van der Waals surface area contributed by atoms with Crippen molar-refractivity contribution < 1.29 is 18.0 Å². The number of nitrogen functional groups attached to an aromatic ring is 1. The minimum atomic E-state index is -4.51. The van der Waals surface area contributed by atoms with E-state index in [1.165, 1.54) is 12.1 Å². The van der Waals surface area contributed by atoms with Crippen LogP contribution in [0.15, 0.2) is 54.9 Å². The first-order valence-corrected chi connectivity index (χ1v) is 7.92. The smallest absolute Gasteiger partial charge is 0.368 e. The summed E-state index contributed by atoms with van der Waals surface area (Å²) in [6.45, 7) is 1.79. The molecule has 0 aliphatic rings. The lowest BCUT2D eigenvalue weighted by molar-refractivity contribution is -0.137. The third-order valence-corrected chi connectivity index (χ3v) is 4.02. The molecule has 8 heteroatoms. The molecule has 0 saturated heterocycles. The Morgan fingerprint density at radius 1 is 1.07 bits per heavy atom. The largest absolute Gasteiger partial charge is 0.416 e. The number of benzene rings is 2. The Labute approximate surface area is 153 Å². The van der Waals surface area contributed by atoms with Gasteiger partial charge in [0, 0.05) is 29.2 Å². The normalized spacial score (nSPS) is 11.3. The van der Waals surface area contributed by atoms with Gasteiger partial charge < -0.3 is 11.1 Å². The number of carbonyl (C=O) groups is 1. The fourth-order valence-corrected chi connectivity index (χ4v) is 2.59. The molecule has 1 amide bonds. The molecule has 0 aliphatic carbocycles. The summed E-state index contributed by atoms with van der Waals surface area (Å²) in [4.78, 5) is 20.3. The molecule has 0 radical (unpaired) electrons. The molecule has 138 valence electrons. The van der Waals surface area contributed by atoms with Crippen LogP contribution in [0.4, 0.5) is 24.8 Å². The number of nitrogens with one attached hydrogen (secondary N) is 1. The lowest BCUT2D eigenvalue weighted by Crippen LogP contribution is -2.14. The number of carbonyl (C=O) groups excluding carboxylic acids is 1. The van der Waals surface area contributed by atoms with Crippen molar-refractivity contribution in [2.45, 2.75) is 13.1 Å². The van der Waals surface area contributed by atoms with Crippen molar-refractivity contribution in [1.82, 2.24) is 9.97 Å². The van der Waals surface area contributed by atoms with Crippen molar-refractivity contribution in [2.75, 3.05) is 11.1 Å². The molecule has 5 nitrogen and oxygen atoms in total. The summed E-state index contributed by atoms with van der Waals surface area (Å²) in [5, 5.41) is 2.65. The summed E-state index contributed by atoms with van der Waals surface area (Å²) in [6, 6.07) is 9.49. The topological polar surface area (TPSA) is 80.9 Å². The van der Waals surface area contributed by atoms with Gasteiger partial charge in [0.25, 0.3) is 5.91 Å². The van der Waals surface area contributed by atoms with Gasteiger partial charge in [0.05, 0.1) is 5.56 Å². The van der Waals surface area contributed by atoms with Crippen LogP contribution in [0, 0.1) is 6.92 Å². The van der Waals surface area contributed by atoms with Gasteiger partial charge in [0.2, 0.25) is 5.95 Å². The second-order valence-corrected chi connectivity index (χ2v) is 5.84. The Hall–Kier alpha value is -3.42. The zero-order valence-electron chi connectivity index (χ0n) is 14.2. The van der Waals surface area contributed by atoms with Crippen molar-refractivity contribution in [3.05, 3.63) is 71.5 Å². The molecular formula is C19H15F3N4O. The van der Waals surface area contributed by atoms with Gasteiger partial charge in [0.15, 0.2) is 0 Å². The second kappa shape index (κ2) is 7.06. The van der Waals surface area contributed by atoms with Crippen molar-refractivity contribution in [2.24, 2.45) is 0 Å². The molecule has 0 fully saturated rings. The Balaban J connectivity index is 1.89. The molecule has 1 heterocycles. The van der Waals surface area contributed by atoms with E-state index in [-0.39, 0.29) is 11.5 Å². The van der Waals surface area contributed by atoms with Crippen LogP contribution in [0.3, 0.4) is 0 Å². The van der Waals surface area contributed by atoms with Gasteiger partial charge in [-0.05, 0) is 42.3 Å². The summed E-state index contributed by atoms with van der Waals surface area (Å²) in [5.41, 5.74) is 7.22. The Morgan fingerprint density at radius 2 is 1.74 bits per heavy atom. The summed E-state index contributed by atoms with van der Waals surface area (Å²) >= 11 is 0. The number of rotatable bonds is 3. The zero-order chi connectivity index (χ0) is 19.6. The van der Waals surface area contributed by atoms with Gasteiger partial charge in [-0.1, -0.05) is 18.2 Å². The molecule has 3 aromatic rings. The highest BCUT2D eigenvalue weighted by Gasteiger charge is 2.30. The van der Waals surface area contributed by atoms with Gasteiger partial charge in [-0.15, -0.1) is 0 Å². The van der Waals surface area contributed by atoms with Crippen LogP contribution in [0.25, 0.3) is 11.1 Å². The number of nitrogens with two attached hydrogens (primary N) is 1. The van der Waals surface area contributed by atoms with Gasteiger partial charge in [0.1, 0.15) is 0 Å². The van der Waals surface area contributed by atoms with E-state index >= 15 is 0 Å². The van der Waals surface area contributed by atoms with Crippen LogP contribution < -0.4 is 11.1 Å². The van der Waals surface area contributed by atoms with Crippen molar-refractivity contribution in [3.63, 3.8) is 0 Å². The molecule has 0 atom stereocenters. The molecule has 0 aliphatic heterocycles. The van der Waals surface area contributed by atoms with E-state index in [2.05, 4.69) is 15.3 Å². The maximum atomic E-state index is 12.8. The fourth-order valence-electron chi connectivity index (χ4n) is 2.59. The van der Waals surface area contributed by atoms with E-state index in [0.717, 1.165) is 23.3 Å². The van der Waals surface area contributed by atoms with Gasteiger partial charge in [-0.2, -0.15) is 13.2 Å². The predicted octanol–water partition coefficient (Wildman–Crippen LogP) is 4.31. The van der Waals surface area contributed by atoms with Crippen LogP contribution in [-0.4, -0.2) is 15.9 Å². The summed E-state index contributed by atoms with van der Waals surface area (Å²) in [7, 11) is 0. The Morgan fingerprint density at radius 3 is 2.41 bits per heavy atom. The van der Waals surface area contributed by atoms with Crippen LogP contribution in [0.5, 0.6) is 0 Å². The van der Waals surface area contributed by atoms with Gasteiger partial charge in [-0.25, -0.2) is 9.97 Å². The van der Waals surface area contributed by atoms with E-state index in [1.54, 1.807) is 31.5 Å². The lowest BCUT2D eigenvalue weighted by atomic mass is 10.0. The monoisotopic (exact) mass is 372 g/mol. The first-order chi connectivity index (χ1) is 12.8. The number of hydrogen-bond donors (Lipinski definition) is 2. The number of aromatic nitrogens is 2. The molecule has 27 heavy (non-hydrogen) atoms. The van der Waals surface area contributed by atoms with E-state index in [1.807, 2.05) is 6.07 Å². The number of alkyl halides is 3. The molecular weight excluding hydrogens is 357 g/mol. The molecule has 0 spiro atoms. The highest BCUT2D eigenvalue weighted by molar-refractivity contribution is 6.05. The van der Waals surface area contributed by atoms with Crippen molar-refractivity contribution in [3.8, 4) is 11.1 Å². The lowest BCUT2D eigenvalue weighted by Gasteiger charge is -2.13. The first-order valence-electron chi connectivity index (χ1n) is 7.92. The van der Waals surface area contributed by atoms with E-state index in [4.69, 9.17) is 5.73 Å². The van der Waals surface area contributed by atoms with Gasteiger partial charge >= 0.3 is 6.18 Å². The van der Waals surface area contributed by atoms with Crippen molar-refractivity contribution in [1.29, 1.82) is 0 Å². The standard InChI is InChI=1S/C19H15F3N4O/c1-11-15(13-9-24-18(23)25-10-13)6-3-7-16(11)26-17(27)12-4-2-5-14(8-12)19(20,21)22/h2-10H,1H3,(H,26,27)(H2,23,24,25). The fraction of sp³-hybridized carbons (Fsp3) is 0.105. The quantitative estimate of drug-likeness (QED) is 0.718. The third kappa shape index (κ3) is 4.05. The molecule has 0 bridgehead atoms. The molecule has 3 N–H and O–H groups in total. The molecule has 2 aromatic carbocycles. The average Bonchev–Trinajstić information content (AvgIpc) is 2.64. The van der Waals surface area contributed by atoms with Crippen LogP contribution in [0.2, 0.25) is 0 Å². The molecule has 0 saturated carbocycles. The minimum absolute atomic E-state index is 0.0783. The first kappa shape index (κ1) is 18.4. The minimum Gasteiger partial charge on any atom is -0.368 e. The van der Waals surface area contributed by atoms with E-state index in [0.29, 0.717) is 11.3 Å². The zero-order valence-corrected chi connectivity index (χ0v) is 14.2. The second-order valence-electron chi connectivity index (χ2n) is 5.84. The van der Waals surface area contributed by atoms with Crippen LogP contribution >= 0.6 is 0 Å². The number of anilines is 2. The van der Waals surface area contributed by atoms with Crippen molar-refractivity contribution >= 4 is 17.5 Å². The predicted molar refractivity (Wildman–Crippen MR) is 96.0 cm³/mol. The number of halogens is 3. The summed E-state index contributed by atoms with van der Waals surface area (Å²) < 4.78 is 38.5. The molecule has 0 unspecified atom stereocenters. The number of amides is 1. The maximum Gasteiger partial charge on any atom is 0.416 e. The third-order valence-electron chi connectivity index (χ3n) is 4.02. The Kier molecular flexibility index (Phi) is 4.81. The van der Waals surface area contributed by atoms with Gasteiger partial charge in [-0.3, -0.25) is 4.79 Å². The van der Waals surface area contributed by atoms with Crippen LogP contribution in [0.1, 0.15) is 21.5 Å².